The zero-order valence-corrected chi connectivity index (χ0v) is 13.4. The third-order valence-electron chi connectivity index (χ3n) is 5.34. The van der Waals surface area contributed by atoms with Crippen molar-refractivity contribution >= 4 is 22.0 Å². The largest absolute Gasteiger partial charge is 0.516 e. The van der Waals surface area contributed by atoms with E-state index in [4.69, 9.17) is 10.5 Å². The molecule has 0 heterocycles. The highest BCUT2D eigenvalue weighted by Crippen LogP contribution is 2.63. The number of ether oxygens (including phenoxy) is 1. The molecule has 11 heteroatoms. The number of sulfonamides is 1. The molecule has 4 fully saturated rings. The SMILES string of the molecule is NC(=O)OC12CC3CC(C1)CC(C(=O)NS(=O)(=O)C(F)(F)F)(C3)C2. The molecule has 4 saturated carbocycles. The van der Waals surface area contributed by atoms with Gasteiger partial charge in [-0.25, -0.2) is 9.52 Å². The molecule has 3 N–H and O–H groups in total. The lowest BCUT2D eigenvalue weighted by molar-refractivity contribution is -0.176. The van der Waals surface area contributed by atoms with Crippen LogP contribution in [-0.2, 0) is 19.6 Å². The van der Waals surface area contributed by atoms with Gasteiger partial charge in [-0.05, 0) is 43.9 Å². The number of nitrogens with one attached hydrogen (secondary N) is 1. The average molecular weight is 370 g/mol. The summed E-state index contributed by atoms with van der Waals surface area (Å²) in [5.41, 5.74) is -2.75. The number of hydrogen-bond donors (Lipinski definition) is 2. The molecule has 0 aromatic carbocycles. The molecule has 0 aromatic heterocycles. The maximum absolute atomic E-state index is 12.5. The Bertz CT molecular complexity index is 676. The predicted octanol–water partition coefficient (Wildman–Crippen LogP) is 1.39. The van der Waals surface area contributed by atoms with Crippen molar-refractivity contribution in [3.63, 3.8) is 0 Å². The van der Waals surface area contributed by atoms with E-state index in [1.54, 1.807) is 0 Å². The van der Waals surface area contributed by atoms with Crippen LogP contribution < -0.4 is 10.5 Å². The summed E-state index contributed by atoms with van der Waals surface area (Å²) < 4.78 is 66.4. The van der Waals surface area contributed by atoms with E-state index in [1.165, 1.54) is 0 Å². The number of alkyl halides is 3. The van der Waals surface area contributed by atoms with E-state index in [0.717, 1.165) is 11.1 Å². The summed E-state index contributed by atoms with van der Waals surface area (Å²) in [6.07, 6.45) is 1.33. The fraction of sp³-hybridized carbons (Fsp3) is 0.846. The summed E-state index contributed by atoms with van der Waals surface area (Å²) in [5.74, 6) is -1.19. The first-order valence-electron chi connectivity index (χ1n) is 7.48. The lowest BCUT2D eigenvalue weighted by Gasteiger charge is -2.59. The molecule has 4 aliphatic carbocycles. The van der Waals surface area contributed by atoms with Gasteiger partial charge in [-0.2, -0.15) is 21.6 Å². The maximum atomic E-state index is 12.5. The van der Waals surface area contributed by atoms with E-state index in [1.807, 2.05) is 0 Å². The Morgan fingerprint density at radius 1 is 1.12 bits per heavy atom. The average Bonchev–Trinajstić information content (AvgIpc) is 2.32. The quantitative estimate of drug-likeness (QED) is 0.779. The highest BCUT2D eigenvalue weighted by atomic mass is 32.2. The van der Waals surface area contributed by atoms with Crippen molar-refractivity contribution in [1.82, 2.24) is 4.72 Å². The van der Waals surface area contributed by atoms with Gasteiger partial charge in [-0.15, -0.1) is 0 Å². The molecule has 4 aliphatic rings. The molecule has 24 heavy (non-hydrogen) atoms. The van der Waals surface area contributed by atoms with Crippen molar-refractivity contribution in [2.24, 2.45) is 23.0 Å². The zero-order valence-electron chi connectivity index (χ0n) is 12.6. The van der Waals surface area contributed by atoms with Crippen LogP contribution in [0.3, 0.4) is 0 Å². The van der Waals surface area contributed by atoms with Crippen LogP contribution in [0.5, 0.6) is 0 Å². The summed E-state index contributed by atoms with van der Waals surface area (Å²) in [6.45, 7) is 0. The number of rotatable bonds is 3. The summed E-state index contributed by atoms with van der Waals surface area (Å²) in [4.78, 5) is 23.6. The minimum absolute atomic E-state index is 0.00481. The Kier molecular flexibility index (Phi) is 3.60. The van der Waals surface area contributed by atoms with Crippen molar-refractivity contribution in [3.8, 4) is 0 Å². The fourth-order valence-corrected chi connectivity index (χ4v) is 5.64. The monoisotopic (exact) mass is 370 g/mol. The predicted molar refractivity (Wildman–Crippen MR) is 73.6 cm³/mol. The number of halogens is 3. The Morgan fingerprint density at radius 2 is 1.67 bits per heavy atom. The van der Waals surface area contributed by atoms with Crippen LogP contribution in [0, 0.1) is 17.3 Å². The zero-order chi connectivity index (χ0) is 18.0. The van der Waals surface area contributed by atoms with E-state index < -0.39 is 38.5 Å². The standard InChI is InChI=1S/C13H17F3N2O5S/c14-13(15,16)24(21,22)18-9(19)11-2-7-1-8(3-11)5-12(4-7,6-11)23-10(17)20/h7-8H,1-6H2,(H2,17,20)(H,18,19). The van der Waals surface area contributed by atoms with Gasteiger partial charge in [0.25, 0.3) is 0 Å². The highest BCUT2D eigenvalue weighted by molar-refractivity contribution is 7.90. The van der Waals surface area contributed by atoms with E-state index >= 15 is 0 Å². The second kappa shape index (κ2) is 4.99. The van der Waals surface area contributed by atoms with Crippen molar-refractivity contribution < 1.29 is 35.9 Å². The summed E-state index contributed by atoms with van der Waals surface area (Å²) in [6, 6.07) is 0. The van der Waals surface area contributed by atoms with Gasteiger partial charge >= 0.3 is 21.6 Å². The minimum atomic E-state index is -5.77. The molecule has 0 aromatic rings. The molecule has 4 bridgehead atoms. The second-order valence-corrected chi connectivity index (χ2v) is 8.90. The van der Waals surface area contributed by atoms with Crippen LogP contribution in [0.15, 0.2) is 0 Å². The Balaban J connectivity index is 1.88. The molecule has 2 unspecified atom stereocenters. The van der Waals surface area contributed by atoms with Crippen molar-refractivity contribution in [2.75, 3.05) is 0 Å². The number of amides is 2. The summed E-state index contributed by atoms with van der Waals surface area (Å²) in [7, 11) is -5.77. The van der Waals surface area contributed by atoms with Gasteiger partial charge in [0, 0.05) is 6.42 Å². The van der Waals surface area contributed by atoms with Crippen LogP contribution in [0.4, 0.5) is 18.0 Å². The Hall–Kier alpha value is -1.52. The van der Waals surface area contributed by atoms with E-state index in [-0.39, 0.29) is 31.1 Å². The highest BCUT2D eigenvalue weighted by Gasteiger charge is 2.63. The Morgan fingerprint density at radius 3 is 2.12 bits per heavy atom. The van der Waals surface area contributed by atoms with Gasteiger partial charge in [-0.1, -0.05) is 0 Å². The molecule has 7 nitrogen and oxygen atoms in total. The third-order valence-corrected chi connectivity index (χ3v) is 6.40. The number of nitrogens with two attached hydrogens (primary N) is 1. The van der Waals surface area contributed by atoms with Gasteiger partial charge in [0.2, 0.25) is 5.91 Å². The van der Waals surface area contributed by atoms with Gasteiger partial charge in [0.05, 0.1) is 5.41 Å². The summed E-state index contributed by atoms with van der Waals surface area (Å²) >= 11 is 0. The Labute approximate surface area is 136 Å². The van der Waals surface area contributed by atoms with Crippen LogP contribution in [0.2, 0.25) is 0 Å². The minimum Gasteiger partial charge on any atom is -0.443 e. The molecule has 136 valence electrons. The van der Waals surface area contributed by atoms with Gasteiger partial charge in [0.1, 0.15) is 5.60 Å². The maximum Gasteiger partial charge on any atom is 0.516 e. The van der Waals surface area contributed by atoms with Crippen molar-refractivity contribution in [1.29, 1.82) is 0 Å². The van der Waals surface area contributed by atoms with Crippen LogP contribution in [-0.4, -0.2) is 31.5 Å². The van der Waals surface area contributed by atoms with Crippen LogP contribution in [0.1, 0.15) is 38.5 Å². The molecular weight excluding hydrogens is 353 g/mol. The van der Waals surface area contributed by atoms with Crippen molar-refractivity contribution in [3.05, 3.63) is 0 Å². The molecule has 0 aliphatic heterocycles. The molecule has 0 saturated heterocycles. The molecule has 0 spiro atoms. The first-order valence-corrected chi connectivity index (χ1v) is 8.97. The normalized spacial score (nSPS) is 38.0. The van der Waals surface area contributed by atoms with Gasteiger partial charge in [-0.3, -0.25) is 4.79 Å². The lowest BCUT2D eigenvalue weighted by atomic mass is 9.47. The van der Waals surface area contributed by atoms with Gasteiger partial charge < -0.3 is 10.5 Å². The first kappa shape index (κ1) is 17.3. The van der Waals surface area contributed by atoms with E-state index in [2.05, 4.69) is 0 Å². The molecule has 0 radical (unpaired) electrons. The topological polar surface area (TPSA) is 116 Å². The molecule has 4 rings (SSSR count). The first-order chi connectivity index (χ1) is 10.9. The number of carbonyl (C=O) groups excluding carboxylic acids is 2. The lowest BCUT2D eigenvalue weighted by Crippen LogP contribution is -2.62. The van der Waals surface area contributed by atoms with Gasteiger partial charge in [0.15, 0.2) is 0 Å². The molecule has 2 atom stereocenters. The number of primary amides is 1. The van der Waals surface area contributed by atoms with Crippen molar-refractivity contribution in [2.45, 2.75) is 49.6 Å². The van der Waals surface area contributed by atoms with E-state index in [9.17, 15) is 31.2 Å². The number of carbonyl (C=O) groups is 2. The van der Waals surface area contributed by atoms with Crippen LogP contribution in [0.25, 0.3) is 0 Å². The number of hydrogen-bond acceptors (Lipinski definition) is 5. The summed E-state index contributed by atoms with van der Waals surface area (Å²) in [5, 5.41) is 0. The molecular formula is C13H17F3N2O5S. The van der Waals surface area contributed by atoms with Crippen LogP contribution >= 0.6 is 0 Å². The smallest absolute Gasteiger partial charge is 0.443 e. The van der Waals surface area contributed by atoms with E-state index in [0.29, 0.717) is 12.8 Å². The second-order valence-electron chi connectivity index (χ2n) is 7.23. The third kappa shape index (κ3) is 2.72. The molecule has 2 amide bonds. The fourth-order valence-electron chi connectivity index (χ4n) is 5.07.